The predicted octanol–water partition coefficient (Wildman–Crippen LogP) is -0.673. The summed E-state index contributed by atoms with van der Waals surface area (Å²) in [6.07, 6.45) is 5.40. The molecule has 14 nitrogen and oxygen atoms in total. The van der Waals surface area contributed by atoms with Crippen molar-refractivity contribution in [2.75, 3.05) is 65.8 Å². The molecular formula is C22H37N3O11. The van der Waals surface area contributed by atoms with Crippen LogP contribution in [0.25, 0.3) is 0 Å². The van der Waals surface area contributed by atoms with E-state index in [9.17, 15) is 39.3 Å². The molecule has 206 valence electrons. The molecule has 0 saturated heterocycles. The van der Waals surface area contributed by atoms with E-state index in [-0.39, 0.29) is 46.0 Å². The summed E-state index contributed by atoms with van der Waals surface area (Å²) in [5.41, 5.74) is 0. The minimum absolute atomic E-state index is 0.00142. The lowest BCUT2D eigenvalue weighted by Crippen LogP contribution is -2.50. The van der Waals surface area contributed by atoms with Crippen molar-refractivity contribution in [3.8, 4) is 0 Å². The van der Waals surface area contributed by atoms with Crippen LogP contribution in [0, 0.1) is 5.92 Å². The Morgan fingerprint density at radius 1 is 0.806 bits per heavy atom. The quantitative estimate of drug-likeness (QED) is 0.110. The Hall–Kier alpha value is -2.81. The molecule has 0 bridgehead atoms. The second-order valence-corrected chi connectivity index (χ2v) is 8.77. The van der Waals surface area contributed by atoms with Crippen LogP contribution in [0.15, 0.2) is 0 Å². The average molecular weight is 520 g/mol. The number of ether oxygens (including phenoxy) is 2. The largest absolute Gasteiger partial charge is 0.480 e. The zero-order valence-electron chi connectivity index (χ0n) is 20.3. The number of aliphatic carboxylic acids is 4. The van der Waals surface area contributed by atoms with Crippen molar-refractivity contribution in [2.24, 2.45) is 5.92 Å². The minimum atomic E-state index is -1.25. The van der Waals surface area contributed by atoms with E-state index >= 15 is 0 Å². The van der Waals surface area contributed by atoms with E-state index in [2.05, 4.69) is 4.74 Å². The smallest absolute Gasteiger partial charge is 0.323 e. The molecule has 0 aliphatic heterocycles. The van der Waals surface area contributed by atoms with Crippen LogP contribution in [-0.4, -0.2) is 137 Å². The normalized spacial score (nSPS) is 15.2. The van der Waals surface area contributed by atoms with Gasteiger partial charge in [-0.3, -0.25) is 38.7 Å². The summed E-state index contributed by atoms with van der Waals surface area (Å²) in [5, 5.41) is 37.3. The van der Waals surface area contributed by atoms with Crippen LogP contribution in [0.5, 0.6) is 0 Å². The van der Waals surface area contributed by atoms with Crippen molar-refractivity contribution in [2.45, 2.75) is 38.1 Å². The second kappa shape index (κ2) is 17.6. The van der Waals surface area contributed by atoms with Gasteiger partial charge in [0, 0.05) is 32.8 Å². The fourth-order valence-electron chi connectivity index (χ4n) is 4.08. The van der Waals surface area contributed by atoms with E-state index in [0.717, 1.165) is 25.7 Å². The number of hydrogen-bond donors (Lipinski definition) is 4. The molecule has 0 aromatic carbocycles. The molecule has 36 heavy (non-hydrogen) atoms. The SMILES string of the molecule is O=COCN(CCN(CCN(CC(=O)O)C(COCC1CCCCC1)C(=O)O)CC(=O)O)CC(=O)O. The Morgan fingerprint density at radius 3 is 1.92 bits per heavy atom. The van der Waals surface area contributed by atoms with E-state index < -0.39 is 49.6 Å². The molecular weight excluding hydrogens is 482 g/mol. The van der Waals surface area contributed by atoms with Gasteiger partial charge < -0.3 is 29.9 Å². The van der Waals surface area contributed by atoms with Crippen LogP contribution >= 0.6 is 0 Å². The molecule has 1 aliphatic rings. The van der Waals surface area contributed by atoms with Gasteiger partial charge in [-0.2, -0.15) is 0 Å². The van der Waals surface area contributed by atoms with Crippen molar-refractivity contribution < 1.29 is 53.9 Å². The number of carbonyl (C=O) groups is 5. The maximum absolute atomic E-state index is 11.9. The van der Waals surface area contributed by atoms with Crippen molar-refractivity contribution in [1.82, 2.24) is 14.7 Å². The third-order valence-corrected chi connectivity index (χ3v) is 5.90. The summed E-state index contributed by atoms with van der Waals surface area (Å²) >= 11 is 0. The zero-order valence-corrected chi connectivity index (χ0v) is 20.3. The second-order valence-electron chi connectivity index (χ2n) is 8.77. The van der Waals surface area contributed by atoms with Crippen LogP contribution in [0.1, 0.15) is 32.1 Å². The van der Waals surface area contributed by atoms with Gasteiger partial charge in [0.15, 0.2) is 0 Å². The third-order valence-electron chi connectivity index (χ3n) is 5.90. The molecule has 0 spiro atoms. The number of hydrogen-bond acceptors (Lipinski definition) is 10. The molecule has 1 unspecified atom stereocenters. The lowest BCUT2D eigenvalue weighted by molar-refractivity contribution is -0.150. The topological polar surface area (TPSA) is 194 Å². The summed E-state index contributed by atoms with van der Waals surface area (Å²) in [6, 6.07) is -1.24. The Morgan fingerprint density at radius 2 is 1.36 bits per heavy atom. The molecule has 1 rings (SSSR count). The first-order chi connectivity index (χ1) is 17.1. The van der Waals surface area contributed by atoms with Gasteiger partial charge in [-0.1, -0.05) is 19.3 Å². The van der Waals surface area contributed by atoms with Crippen molar-refractivity contribution in [1.29, 1.82) is 0 Å². The van der Waals surface area contributed by atoms with Crippen LogP contribution < -0.4 is 0 Å². The monoisotopic (exact) mass is 519 g/mol. The standard InChI is InChI=1S/C22H37N3O11/c26-16-36-15-24(11-20(29)30)7-6-23(10-19(27)28)8-9-25(12-21(31)32)18(22(33)34)14-35-13-17-4-2-1-3-5-17/h16-18H,1-15H2,(H,27,28)(H,29,30)(H,31,32)(H,33,34). The van der Waals surface area contributed by atoms with E-state index in [1.165, 1.54) is 21.1 Å². The first kappa shape index (κ1) is 31.2. The average Bonchev–Trinajstić information content (AvgIpc) is 2.80. The molecule has 0 amide bonds. The molecule has 1 fully saturated rings. The molecule has 1 aliphatic carbocycles. The van der Waals surface area contributed by atoms with E-state index in [1.54, 1.807) is 0 Å². The summed E-state index contributed by atoms with van der Waals surface area (Å²) < 4.78 is 10.2. The molecule has 0 aromatic rings. The summed E-state index contributed by atoms with van der Waals surface area (Å²) in [5.74, 6) is -4.47. The fourth-order valence-corrected chi connectivity index (χ4v) is 4.08. The summed E-state index contributed by atoms with van der Waals surface area (Å²) in [7, 11) is 0. The summed E-state index contributed by atoms with van der Waals surface area (Å²) in [6.45, 7) is -1.39. The van der Waals surface area contributed by atoms with Gasteiger partial charge in [0.05, 0.1) is 26.2 Å². The van der Waals surface area contributed by atoms with E-state index in [0.29, 0.717) is 12.5 Å². The molecule has 1 atom stereocenters. The number of carboxylic acids is 4. The van der Waals surface area contributed by atoms with Crippen molar-refractivity contribution in [3.63, 3.8) is 0 Å². The molecule has 0 heterocycles. The van der Waals surface area contributed by atoms with Gasteiger partial charge >= 0.3 is 23.9 Å². The number of nitrogens with zero attached hydrogens (tertiary/aromatic N) is 3. The molecule has 14 heteroatoms. The Labute approximate surface area is 209 Å². The Kier molecular flexibility index (Phi) is 15.3. The molecule has 4 N–H and O–H groups in total. The molecule has 1 saturated carbocycles. The highest BCUT2D eigenvalue weighted by atomic mass is 16.5. The van der Waals surface area contributed by atoms with Gasteiger partial charge in [0.25, 0.3) is 6.47 Å². The van der Waals surface area contributed by atoms with E-state index in [4.69, 9.17) is 9.84 Å². The van der Waals surface area contributed by atoms with Crippen LogP contribution in [0.4, 0.5) is 0 Å². The minimum Gasteiger partial charge on any atom is -0.480 e. The lowest BCUT2D eigenvalue weighted by Gasteiger charge is -2.31. The Balaban J connectivity index is 2.78. The zero-order chi connectivity index (χ0) is 26.9. The van der Waals surface area contributed by atoms with Crippen LogP contribution in [0.3, 0.4) is 0 Å². The van der Waals surface area contributed by atoms with Crippen molar-refractivity contribution in [3.05, 3.63) is 0 Å². The number of carbonyl (C=O) groups excluding carboxylic acids is 1. The molecule has 0 aromatic heterocycles. The van der Waals surface area contributed by atoms with Crippen LogP contribution in [-0.2, 0) is 33.4 Å². The number of carboxylic acid groups (broad SMARTS) is 4. The maximum atomic E-state index is 11.9. The van der Waals surface area contributed by atoms with Gasteiger partial charge in [-0.15, -0.1) is 0 Å². The van der Waals surface area contributed by atoms with Crippen molar-refractivity contribution >= 4 is 30.3 Å². The first-order valence-electron chi connectivity index (χ1n) is 11.8. The lowest BCUT2D eigenvalue weighted by atomic mass is 9.90. The highest BCUT2D eigenvalue weighted by Crippen LogP contribution is 2.23. The fraction of sp³-hybridized carbons (Fsp3) is 0.773. The van der Waals surface area contributed by atoms with Gasteiger partial charge in [0.2, 0.25) is 0 Å². The van der Waals surface area contributed by atoms with Gasteiger partial charge in [0.1, 0.15) is 12.8 Å². The van der Waals surface area contributed by atoms with Gasteiger partial charge in [-0.25, -0.2) is 0 Å². The highest BCUT2D eigenvalue weighted by Gasteiger charge is 2.29. The number of rotatable bonds is 21. The molecule has 0 radical (unpaired) electrons. The third kappa shape index (κ3) is 13.9. The first-order valence-corrected chi connectivity index (χ1v) is 11.8. The highest BCUT2D eigenvalue weighted by molar-refractivity contribution is 5.75. The summed E-state index contributed by atoms with van der Waals surface area (Å²) in [4.78, 5) is 60.0. The Bertz CT molecular complexity index is 715. The predicted molar refractivity (Wildman–Crippen MR) is 123 cm³/mol. The maximum Gasteiger partial charge on any atom is 0.323 e. The van der Waals surface area contributed by atoms with Crippen LogP contribution in [0.2, 0.25) is 0 Å². The van der Waals surface area contributed by atoms with E-state index in [1.807, 2.05) is 0 Å². The van der Waals surface area contributed by atoms with Gasteiger partial charge in [-0.05, 0) is 18.8 Å².